The van der Waals surface area contributed by atoms with Gasteiger partial charge in [-0.2, -0.15) is 0 Å². The van der Waals surface area contributed by atoms with Crippen molar-refractivity contribution in [3.8, 4) is 5.75 Å². The molecule has 0 spiro atoms. The van der Waals surface area contributed by atoms with Gasteiger partial charge in [0.05, 0.1) is 13.0 Å². The van der Waals surface area contributed by atoms with Crippen molar-refractivity contribution in [1.29, 1.82) is 5.41 Å². The first-order chi connectivity index (χ1) is 11.0. The van der Waals surface area contributed by atoms with Crippen LogP contribution in [0.25, 0.3) is 0 Å². The highest BCUT2D eigenvalue weighted by Crippen LogP contribution is 2.23. The summed E-state index contributed by atoms with van der Waals surface area (Å²) in [4.78, 5) is 12.4. The molecule has 0 aliphatic rings. The highest BCUT2D eigenvalue weighted by atomic mass is 35.5. The van der Waals surface area contributed by atoms with Gasteiger partial charge in [-0.3, -0.25) is 15.5 Å². The number of hydrogen-bond acceptors (Lipinski definition) is 3. The Morgan fingerprint density at radius 1 is 1.17 bits per heavy atom. The summed E-state index contributed by atoms with van der Waals surface area (Å²) >= 11 is 0. The van der Waals surface area contributed by atoms with E-state index in [1.165, 1.54) is 0 Å². The van der Waals surface area contributed by atoms with Gasteiger partial charge in [0, 0.05) is 0 Å². The van der Waals surface area contributed by atoms with Crippen LogP contribution in [0.3, 0.4) is 0 Å². The van der Waals surface area contributed by atoms with Crippen LogP contribution in [0.2, 0.25) is 0 Å². The number of benzene rings is 2. The molecule has 0 saturated carbocycles. The van der Waals surface area contributed by atoms with Crippen molar-refractivity contribution in [3.05, 3.63) is 65.2 Å². The molecule has 0 bridgehead atoms. The highest BCUT2D eigenvalue weighted by molar-refractivity contribution is 5.98. The lowest BCUT2D eigenvalue weighted by atomic mass is 9.90. The third-order valence-corrected chi connectivity index (χ3v) is 3.65. The molecular weight excluding hydrogens is 326 g/mol. The fourth-order valence-corrected chi connectivity index (χ4v) is 2.38. The Hall–Kier alpha value is -2.53. The number of rotatable bonds is 5. The second-order valence-electron chi connectivity index (χ2n) is 5.42. The predicted molar refractivity (Wildman–Crippen MR) is 97.9 cm³/mol. The molecule has 0 saturated heterocycles. The van der Waals surface area contributed by atoms with E-state index in [-0.39, 0.29) is 24.3 Å². The molecule has 1 amide bonds. The molecule has 0 aliphatic carbocycles. The number of carbonyl (C=O) groups excluding carboxylic acids is 1. The number of halogens is 1. The largest absolute Gasteiger partial charge is 0.497 e. The molecule has 0 fully saturated rings. The molecule has 0 heterocycles. The van der Waals surface area contributed by atoms with E-state index in [4.69, 9.17) is 15.9 Å². The van der Waals surface area contributed by atoms with Crippen LogP contribution in [0.1, 0.15) is 22.6 Å². The van der Waals surface area contributed by atoms with Crippen LogP contribution >= 0.6 is 12.4 Å². The summed E-state index contributed by atoms with van der Waals surface area (Å²) in [6.07, 6.45) is 0.520. The van der Waals surface area contributed by atoms with Crippen LogP contribution in [0.4, 0.5) is 0 Å². The van der Waals surface area contributed by atoms with Gasteiger partial charge in [0.15, 0.2) is 5.96 Å². The van der Waals surface area contributed by atoms with Gasteiger partial charge < -0.3 is 10.5 Å². The van der Waals surface area contributed by atoms with E-state index in [2.05, 4.69) is 5.32 Å². The normalized spacial score (nSPS) is 11.1. The van der Waals surface area contributed by atoms with Crippen molar-refractivity contribution < 1.29 is 9.53 Å². The molecule has 4 N–H and O–H groups in total. The number of amides is 1. The molecule has 24 heavy (non-hydrogen) atoms. The van der Waals surface area contributed by atoms with E-state index < -0.39 is 5.92 Å². The van der Waals surface area contributed by atoms with Gasteiger partial charge in [-0.15, -0.1) is 12.4 Å². The maximum Gasteiger partial charge on any atom is 0.234 e. The Morgan fingerprint density at radius 3 is 2.25 bits per heavy atom. The fourth-order valence-electron chi connectivity index (χ4n) is 2.38. The summed E-state index contributed by atoms with van der Waals surface area (Å²) in [5, 5.41) is 9.67. The van der Waals surface area contributed by atoms with Gasteiger partial charge in [0.1, 0.15) is 5.75 Å². The first-order valence-corrected chi connectivity index (χ1v) is 7.34. The maximum absolute atomic E-state index is 12.4. The van der Waals surface area contributed by atoms with Crippen molar-refractivity contribution in [2.24, 2.45) is 5.73 Å². The summed E-state index contributed by atoms with van der Waals surface area (Å²) in [6.45, 7) is 2.00. The van der Waals surface area contributed by atoms with Gasteiger partial charge in [0.25, 0.3) is 0 Å². The van der Waals surface area contributed by atoms with E-state index in [1.807, 2.05) is 55.5 Å². The molecular formula is C18H22ClN3O2. The number of hydrogen-bond donors (Lipinski definition) is 3. The minimum atomic E-state index is -0.409. The van der Waals surface area contributed by atoms with E-state index >= 15 is 0 Å². The van der Waals surface area contributed by atoms with Crippen LogP contribution in [-0.2, 0) is 11.2 Å². The van der Waals surface area contributed by atoms with Crippen LogP contribution < -0.4 is 15.8 Å². The Morgan fingerprint density at radius 2 is 1.75 bits per heavy atom. The topological polar surface area (TPSA) is 88.2 Å². The third-order valence-electron chi connectivity index (χ3n) is 3.65. The quantitative estimate of drug-likeness (QED) is 0.574. The lowest BCUT2D eigenvalue weighted by Gasteiger charge is -2.17. The van der Waals surface area contributed by atoms with Crippen LogP contribution in [0.15, 0.2) is 48.5 Å². The number of nitrogens with two attached hydrogens (primary N) is 1. The van der Waals surface area contributed by atoms with Gasteiger partial charge in [-0.1, -0.05) is 42.0 Å². The van der Waals surface area contributed by atoms with E-state index in [0.29, 0.717) is 6.42 Å². The Balaban J connectivity index is 0.00000288. The molecule has 0 aliphatic heterocycles. The molecule has 6 heteroatoms. The molecule has 0 aromatic heterocycles. The average molecular weight is 348 g/mol. The number of nitrogens with one attached hydrogen (secondary N) is 2. The van der Waals surface area contributed by atoms with Crippen molar-refractivity contribution in [1.82, 2.24) is 5.32 Å². The standard InChI is InChI=1S/C18H21N3O2.ClH/c1-12-3-7-14(8-4-12)16(17(22)21-18(19)20)11-13-5-9-15(23-2)10-6-13;/h3-10,16H,11H2,1-2H3,(H4,19,20,21,22);1H. The van der Waals surface area contributed by atoms with Crippen LogP contribution in [-0.4, -0.2) is 19.0 Å². The summed E-state index contributed by atoms with van der Waals surface area (Å²) in [6, 6.07) is 15.4. The monoisotopic (exact) mass is 347 g/mol. The molecule has 0 radical (unpaired) electrons. The van der Waals surface area contributed by atoms with Crippen molar-refractivity contribution in [3.63, 3.8) is 0 Å². The number of carbonyl (C=O) groups is 1. The summed E-state index contributed by atoms with van der Waals surface area (Å²) in [5.41, 5.74) is 8.33. The number of aryl methyl sites for hydroxylation is 1. The predicted octanol–water partition coefficient (Wildman–Crippen LogP) is 2.76. The van der Waals surface area contributed by atoms with E-state index in [1.54, 1.807) is 7.11 Å². The van der Waals surface area contributed by atoms with Gasteiger partial charge in [0.2, 0.25) is 5.91 Å². The zero-order valence-corrected chi connectivity index (χ0v) is 14.5. The SMILES string of the molecule is COc1ccc(CC(C(=O)NC(=N)N)c2ccc(C)cc2)cc1.Cl. The molecule has 5 nitrogen and oxygen atoms in total. The first kappa shape index (κ1) is 19.5. The van der Waals surface area contributed by atoms with Crippen molar-refractivity contribution >= 4 is 24.3 Å². The maximum atomic E-state index is 12.4. The van der Waals surface area contributed by atoms with Crippen LogP contribution in [0.5, 0.6) is 5.75 Å². The van der Waals surface area contributed by atoms with Crippen LogP contribution in [0, 0.1) is 12.3 Å². The highest BCUT2D eigenvalue weighted by Gasteiger charge is 2.21. The van der Waals surface area contributed by atoms with E-state index in [9.17, 15) is 4.79 Å². The second-order valence-corrected chi connectivity index (χ2v) is 5.42. The van der Waals surface area contributed by atoms with Crippen molar-refractivity contribution in [2.45, 2.75) is 19.3 Å². The minimum absolute atomic E-state index is 0. The van der Waals surface area contributed by atoms with Gasteiger partial charge in [-0.05, 0) is 36.6 Å². The van der Waals surface area contributed by atoms with Gasteiger partial charge in [-0.25, -0.2) is 0 Å². The minimum Gasteiger partial charge on any atom is -0.497 e. The zero-order chi connectivity index (χ0) is 16.8. The number of ether oxygens (including phenoxy) is 1. The summed E-state index contributed by atoms with van der Waals surface area (Å²) in [7, 11) is 1.62. The third kappa shape index (κ3) is 5.28. The molecule has 2 aromatic carbocycles. The van der Waals surface area contributed by atoms with E-state index in [0.717, 1.165) is 22.4 Å². The molecule has 128 valence electrons. The number of guanidine groups is 1. The molecule has 1 unspecified atom stereocenters. The fraction of sp³-hybridized carbons (Fsp3) is 0.222. The molecule has 2 aromatic rings. The Labute approximate surface area is 148 Å². The second kappa shape index (κ2) is 8.93. The Bertz CT molecular complexity index is 684. The lowest BCUT2D eigenvalue weighted by Crippen LogP contribution is -2.39. The number of methoxy groups -OCH3 is 1. The molecule has 1 atom stereocenters. The summed E-state index contributed by atoms with van der Waals surface area (Å²) in [5.74, 6) is -0.263. The molecule has 2 rings (SSSR count). The van der Waals surface area contributed by atoms with Crippen molar-refractivity contribution in [2.75, 3.05) is 7.11 Å². The first-order valence-electron chi connectivity index (χ1n) is 7.34. The lowest BCUT2D eigenvalue weighted by molar-refractivity contribution is -0.121. The van der Waals surface area contributed by atoms with Gasteiger partial charge >= 0.3 is 0 Å². The average Bonchev–Trinajstić information content (AvgIpc) is 2.53. The zero-order valence-electron chi connectivity index (χ0n) is 13.7. The summed E-state index contributed by atoms with van der Waals surface area (Å²) < 4.78 is 5.15. The Kier molecular flexibility index (Phi) is 7.27. The smallest absolute Gasteiger partial charge is 0.234 e.